The third-order valence-corrected chi connectivity index (χ3v) is 16.2. The molecule has 2 unspecified atom stereocenters. The molecule has 0 rings (SSSR count). The van der Waals surface area contributed by atoms with Crippen molar-refractivity contribution in [1.29, 1.82) is 0 Å². The number of nitrogens with two attached hydrogens (primary N) is 1. The molecule has 0 aromatic carbocycles. The van der Waals surface area contributed by atoms with E-state index >= 15 is 0 Å². The minimum Gasteiger partial charge on any atom is -0.462 e. The molecule has 0 radical (unpaired) electrons. The molecule has 2 atom stereocenters. The molecule has 3 N–H and O–H groups in total. The monoisotopic (exact) mass is 1260 g/mol. The molecule has 0 aliphatic rings. The zero-order valence-electron chi connectivity index (χ0n) is 57.1. The molecule has 10 heteroatoms. The van der Waals surface area contributed by atoms with Crippen molar-refractivity contribution in [3.05, 3.63) is 146 Å². The summed E-state index contributed by atoms with van der Waals surface area (Å²) >= 11 is 0. The second-order valence-corrected chi connectivity index (χ2v) is 25.1. The fourth-order valence-electron chi connectivity index (χ4n) is 9.94. The standard InChI is InChI=1S/C79H134NO8P/c1-3-5-7-9-11-13-15-17-19-21-23-25-27-29-31-33-35-36-37-38-39-40-42-44-46-48-50-52-54-56-58-60-62-64-66-68-70-72-79(82)88-77(76-87-89(83,84)86-74-73-80)75-85-78(81)71-69-67-65-63-61-59-57-55-53-51-49-47-45-43-41-34-32-30-28-26-24-22-20-18-16-14-12-10-8-6-4-2/h5-8,11-14,17-20,23-26,29-32,35-36,41,43,77H,3-4,9-10,15-16,21-22,27-28,33-34,37-40,42,44-76,80H2,1-2H3,(H,83,84)/b7-5-,8-6-,13-11-,14-12-,19-17-,20-18-,25-23-,26-24-,31-29-,32-30-,36-35-,43-41-. The van der Waals surface area contributed by atoms with Crippen LogP contribution in [0.25, 0.3) is 0 Å². The Morgan fingerprint density at radius 1 is 0.337 bits per heavy atom. The second-order valence-electron chi connectivity index (χ2n) is 23.7. The van der Waals surface area contributed by atoms with E-state index in [0.717, 1.165) is 116 Å². The van der Waals surface area contributed by atoms with Gasteiger partial charge in [0.25, 0.3) is 0 Å². The van der Waals surface area contributed by atoms with Gasteiger partial charge in [-0.1, -0.05) is 327 Å². The molecule has 9 nitrogen and oxygen atoms in total. The van der Waals surface area contributed by atoms with Crippen molar-refractivity contribution < 1.29 is 37.6 Å². The van der Waals surface area contributed by atoms with Gasteiger partial charge in [0.2, 0.25) is 0 Å². The van der Waals surface area contributed by atoms with E-state index in [1.54, 1.807) is 0 Å². The zero-order valence-corrected chi connectivity index (χ0v) is 58.0. The summed E-state index contributed by atoms with van der Waals surface area (Å²) in [6.07, 6.45) is 105. The molecule has 0 aliphatic heterocycles. The third kappa shape index (κ3) is 72.8. The van der Waals surface area contributed by atoms with Crippen molar-refractivity contribution in [2.45, 2.75) is 315 Å². The van der Waals surface area contributed by atoms with Crippen LogP contribution in [0.5, 0.6) is 0 Å². The summed E-state index contributed by atoms with van der Waals surface area (Å²) in [5, 5.41) is 0. The van der Waals surface area contributed by atoms with Gasteiger partial charge in [-0.25, -0.2) is 4.57 Å². The lowest BCUT2D eigenvalue weighted by atomic mass is 10.0. The Kier molecular flexibility index (Phi) is 69.6. The van der Waals surface area contributed by atoms with Crippen LogP contribution in [-0.4, -0.2) is 49.3 Å². The zero-order chi connectivity index (χ0) is 64.4. The van der Waals surface area contributed by atoms with E-state index in [-0.39, 0.29) is 38.6 Å². The summed E-state index contributed by atoms with van der Waals surface area (Å²) in [6.45, 7) is 3.53. The first-order chi connectivity index (χ1) is 43.8. The van der Waals surface area contributed by atoms with Crippen molar-refractivity contribution in [3.63, 3.8) is 0 Å². The fraction of sp³-hybridized carbons (Fsp3) is 0.671. The number of carbonyl (C=O) groups excluding carboxylic acids is 2. The number of phosphoric ester groups is 1. The van der Waals surface area contributed by atoms with Crippen LogP contribution in [0.4, 0.5) is 0 Å². The van der Waals surface area contributed by atoms with Gasteiger partial charge >= 0.3 is 19.8 Å². The first-order valence-electron chi connectivity index (χ1n) is 36.3. The van der Waals surface area contributed by atoms with E-state index in [9.17, 15) is 19.0 Å². The van der Waals surface area contributed by atoms with Crippen LogP contribution in [0.15, 0.2) is 146 Å². The van der Waals surface area contributed by atoms with Gasteiger partial charge in [0, 0.05) is 19.4 Å². The Balaban J connectivity index is 3.88. The number of rotatable bonds is 67. The van der Waals surface area contributed by atoms with Crippen LogP contribution in [-0.2, 0) is 32.7 Å². The summed E-state index contributed by atoms with van der Waals surface area (Å²) < 4.78 is 33.2. The molecule has 0 heterocycles. The minimum absolute atomic E-state index is 0.0486. The second kappa shape index (κ2) is 72.9. The average Bonchev–Trinajstić information content (AvgIpc) is 3.68. The van der Waals surface area contributed by atoms with Crippen LogP contribution in [0.2, 0.25) is 0 Å². The topological polar surface area (TPSA) is 134 Å². The summed E-state index contributed by atoms with van der Waals surface area (Å²) in [7, 11) is -4.40. The Morgan fingerprint density at radius 2 is 0.584 bits per heavy atom. The molecule has 0 spiro atoms. The van der Waals surface area contributed by atoms with E-state index in [2.05, 4.69) is 160 Å². The van der Waals surface area contributed by atoms with Gasteiger partial charge in [0.1, 0.15) is 6.61 Å². The van der Waals surface area contributed by atoms with Gasteiger partial charge < -0.3 is 20.1 Å². The van der Waals surface area contributed by atoms with Crippen molar-refractivity contribution in [1.82, 2.24) is 0 Å². The van der Waals surface area contributed by atoms with Crippen molar-refractivity contribution in [2.75, 3.05) is 26.4 Å². The highest BCUT2D eigenvalue weighted by molar-refractivity contribution is 7.47. The van der Waals surface area contributed by atoms with E-state index in [4.69, 9.17) is 24.3 Å². The van der Waals surface area contributed by atoms with Gasteiger partial charge in [0.15, 0.2) is 6.10 Å². The number of ether oxygens (including phenoxy) is 2. The Hall–Kier alpha value is -4.11. The maximum absolute atomic E-state index is 12.8. The first-order valence-corrected chi connectivity index (χ1v) is 37.8. The lowest BCUT2D eigenvalue weighted by Gasteiger charge is -2.19. The normalized spacial score (nSPS) is 13.8. The average molecular weight is 1260 g/mol. The van der Waals surface area contributed by atoms with Crippen LogP contribution in [0.3, 0.4) is 0 Å². The highest BCUT2D eigenvalue weighted by atomic mass is 31.2. The predicted octanol–water partition coefficient (Wildman–Crippen LogP) is 24.2. The van der Waals surface area contributed by atoms with Gasteiger partial charge in [-0.05, 0) is 116 Å². The smallest absolute Gasteiger partial charge is 0.462 e. The molecular weight excluding hydrogens is 1120 g/mol. The number of phosphoric acid groups is 1. The Morgan fingerprint density at radius 3 is 0.865 bits per heavy atom. The molecule has 0 amide bonds. The summed E-state index contributed by atoms with van der Waals surface area (Å²) in [5.74, 6) is -0.826. The van der Waals surface area contributed by atoms with Crippen molar-refractivity contribution in [2.24, 2.45) is 5.73 Å². The van der Waals surface area contributed by atoms with Crippen molar-refractivity contribution in [3.8, 4) is 0 Å². The van der Waals surface area contributed by atoms with Crippen LogP contribution in [0, 0.1) is 0 Å². The largest absolute Gasteiger partial charge is 0.472 e. The number of allylic oxidation sites excluding steroid dienone is 24. The van der Waals surface area contributed by atoms with E-state index in [1.807, 2.05) is 0 Å². The fourth-order valence-corrected chi connectivity index (χ4v) is 10.7. The molecule has 0 aromatic rings. The molecule has 0 saturated heterocycles. The van der Waals surface area contributed by atoms with Crippen LogP contribution >= 0.6 is 7.82 Å². The molecule has 0 saturated carbocycles. The molecule has 89 heavy (non-hydrogen) atoms. The lowest BCUT2D eigenvalue weighted by molar-refractivity contribution is -0.161. The maximum atomic E-state index is 12.8. The third-order valence-electron chi connectivity index (χ3n) is 15.2. The van der Waals surface area contributed by atoms with E-state index in [0.29, 0.717) is 6.42 Å². The van der Waals surface area contributed by atoms with Crippen LogP contribution < -0.4 is 5.73 Å². The maximum Gasteiger partial charge on any atom is 0.472 e. The van der Waals surface area contributed by atoms with Gasteiger partial charge in [0.05, 0.1) is 13.2 Å². The molecular formula is C79H134NO8P. The van der Waals surface area contributed by atoms with Crippen LogP contribution in [0.1, 0.15) is 309 Å². The highest BCUT2D eigenvalue weighted by Crippen LogP contribution is 2.43. The Labute approximate surface area is 547 Å². The predicted molar refractivity (Wildman–Crippen MR) is 385 cm³/mol. The van der Waals surface area contributed by atoms with Crippen molar-refractivity contribution >= 4 is 19.8 Å². The molecule has 0 aliphatic carbocycles. The SMILES string of the molecule is CC/C=C\C/C=C\C/C=C\C/C=C\C/C=C\C/C=C\CCCCCCCCCCCCCCCCCCCCC(=O)OC(COC(=O)CCCCCCCCCCCCCC/C=C\C/C=C\C/C=C\C/C=C\C/C=C\C/C=C\CC)COP(=O)(O)OCCN. The number of hydrogen-bond donors (Lipinski definition) is 2. The highest BCUT2D eigenvalue weighted by Gasteiger charge is 2.26. The molecule has 0 aromatic heterocycles. The molecule has 0 fully saturated rings. The van der Waals surface area contributed by atoms with E-state index < -0.39 is 26.5 Å². The lowest BCUT2D eigenvalue weighted by Crippen LogP contribution is -2.29. The Bertz CT molecular complexity index is 1970. The number of hydrogen-bond acceptors (Lipinski definition) is 8. The quantitative estimate of drug-likeness (QED) is 0.0264. The van der Waals surface area contributed by atoms with Gasteiger partial charge in [-0.3, -0.25) is 18.6 Å². The summed E-state index contributed by atoms with van der Waals surface area (Å²) in [4.78, 5) is 35.4. The molecule has 508 valence electrons. The first kappa shape index (κ1) is 84.9. The number of carbonyl (C=O) groups is 2. The summed E-state index contributed by atoms with van der Waals surface area (Å²) in [6, 6.07) is 0. The van der Waals surface area contributed by atoms with E-state index in [1.165, 1.54) is 161 Å². The molecule has 0 bridgehead atoms. The summed E-state index contributed by atoms with van der Waals surface area (Å²) in [5.41, 5.74) is 5.41. The van der Waals surface area contributed by atoms with Gasteiger partial charge in [-0.2, -0.15) is 0 Å². The number of unbranched alkanes of at least 4 members (excludes halogenated alkanes) is 30. The van der Waals surface area contributed by atoms with Gasteiger partial charge in [-0.15, -0.1) is 0 Å². The minimum atomic E-state index is -4.40. The number of esters is 2.